The van der Waals surface area contributed by atoms with E-state index in [1.165, 1.54) is 24.3 Å². The first kappa shape index (κ1) is 12.5. The van der Waals surface area contributed by atoms with Crippen molar-refractivity contribution in [3.63, 3.8) is 0 Å². The van der Waals surface area contributed by atoms with Gasteiger partial charge in [-0.05, 0) is 30.3 Å². The summed E-state index contributed by atoms with van der Waals surface area (Å²) >= 11 is 0. The van der Waals surface area contributed by atoms with Crippen molar-refractivity contribution in [2.75, 3.05) is 0 Å². The van der Waals surface area contributed by atoms with Crippen LogP contribution in [0, 0.1) is 34.3 Å². The predicted octanol–water partition coefficient (Wildman–Crippen LogP) is 3.50. The summed E-state index contributed by atoms with van der Waals surface area (Å²) in [6.07, 6.45) is 0. The Balaban J connectivity index is 2.41. The van der Waals surface area contributed by atoms with E-state index in [1.807, 2.05) is 0 Å². The maximum atomic E-state index is 13.6. The van der Waals surface area contributed by atoms with E-state index in [0.717, 1.165) is 12.1 Å². The average Bonchev–Trinajstić information content (AvgIpc) is 2.41. The van der Waals surface area contributed by atoms with Crippen molar-refractivity contribution >= 4 is 0 Å². The van der Waals surface area contributed by atoms with Gasteiger partial charge in [-0.15, -0.1) is 0 Å². The van der Waals surface area contributed by atoms with Crippen LogP contribution in [0.3, 0.4) is 0 Å². The van der Waals surface area contributed by atoms with Gasteiger partial charge >= 0.3 is 0 Å². The molecule has 0 saturated heterocycles. The molecule has 0 aliphatic carbocycles. The van der Waals surface area contributed by atoms with Crippen LogP contribution in [0.1, 0.15) is 11.1 Å². The van der Waals surface area contributed by atoms with Crippen molar-refractivity contribution in [2.45, 2.75) is 0 Å². The Morgan fingerprint density at radius 2 is 1.68 bits per heavy atom. The monoisotopic (exact) mass is 256 g/mol. The minimum atomic E-state index is -0.757. The summed E-state index contributed by atoms with van der Waals surface area (Å²) in [5.41, 5.74) is -0.157. The molecule has 92 valence electrons. The molecule has 0 bridgehead atoms. The highest BCUT2D eigenvalue weighted by molar-refractivity contribution is 5.47. The van der Waals surface area contributed by atoms with Crippen molar-refractivity contribution in [1.29, 1.82) is 10.5 Å². The van der Waals surface area contributed by atoms with Gasteiger partial charge < -0.3 is 4.74 Å². The van der Waals surface area contributed by atoms with Crippen LogP contribution in [0.4, 0.5) is 8.78 Å². The third kappa shape index (κ3) is 2.51. The minimum absolute atomic E-state index is 0.0777. The SMILES string of the molecule is N#Cc1ccc(Oc2cccc(F)c2C#N)c(F)c1. The first-order valence-corrected chi connectivity index (χ1v) is 5.22. The fraction of sp³-hybridized carbons (Fsp3) is 0. The summed E-state index contributed by atoms with van der Waals surface area (Å²) in [7, 11) is 0. The molecule has 0 aliphatic heterocycles. The third-order valence-corrected chi connectivity index (χ3v) is 2.37. The quantitative estimate of drug-likeness (QED) is 0.826. The number of hydrogen-bond acceptors (Lipinski definition) is 3. The van der Waals surface area contributed by atoms with Crippen LogP contribution in [-0.2, 0) is 0 Å². The van der Waals surface area contributed by atoms with Crippen molar-refractivity contribution in [3.05, 3.63) is 59.2 Å². The lowest BCUT2D eigenvalue weighted by Gasteiger charge is -2.08. The number of ether oxygens (including phenoxy) is 1. The Morgan fingerprint density at radius 3 is 2.32 bits per heavy atom. The maximum Gasteiger partial charge on any atom is 0.167 e. The fourth-order valence-electron chi connectivity index (χ4n) is 1.47. The topological polar surface area (TPSA) is 56.8 Å². The summed E-state index contributed by atoms with van der Waals surface area (Å²) in [5, 5.41) is 17.4. The lowest BCUT2D eigenvalue weighted by molar-refractivity contribution is 0.437. The van der Waals surface area contributed by atoms with Crippen LogP contribution in [0.2, 0.25) is 0 Å². The van der Waals surface area contributed by atoms with E-state index in [0.29, 0.717) is 0 Å². The van der Waals surface area contributed by atoms with Gasteiger partial charge in [0.15, 0.2) is 11.6 Å². The summed E-state index contributed by atoms with van der Waals surface area (Å²) in [4.78, 5) is 0. The molecule has 2 rings (SSSR count). The summed E-state index contributed by atoms with van der Waals surface area (Å²) in [5.74, 6) is -1.76. The lowest BCUT2D eigenvalue weighted by Crippen LogP contribution is -1.94. The van der Waals surface area contributed by atoms with E-state index in [1.54, 1.807) is 12.1 Å². The molecule has 0 unspecified atom stereocenters. The maximum absolute atomic E-state index is 13.6. The highest BCUT2D eigenvalue weighted by Crippen LogP contribution is 2.28. The second-order valence-corrected chi connectivity index (χ2v) is 3.58. The van der Waals surface area contributed by atoms with Gasteiger partial charge in [0.1, 0.15) is 23.2 Å². The second-order valence-electron chi connectivity index (χ2n) is 3.58. The van der Waals surface area contributed by atoms with Crippen molar-refractivity contribution in [2.24, 2.45) is 0 Å². The molecule has 0 fully saturated rings. The highest BCUT2D eigenvalue weighted by atomic mass is 19.1. The molecule has 0 radical (unpaired) electrons. The predicted molar refractivity (Wildman–Crippen MR) is 62.3 cm³/mol. The Kier molecular flexibility index (Phi) is 3.40. The Morgan fingerprint density at radius 1 is 0.895 bits per heavy atom. The van der Waals surface area contributed by atoms with Crippen LogP contribution in [0.25, 0.3) is 0 Å². The van der Waals surface area contributed by atoms with Gasteiger partial charge in [0.2, 0.25) is 0 Å². The zero-order valence-corrected chi connectivity index (χ0v) is 9.52. The molecule has 0 heterocycles. The summed E-state index contributed by atoms with van der Waals surface area (Å²) in [6.45, 7) is 0. The van der Waals surface area contributed by atoms with Crippen LogP contribution < -0.4 is 4.74 Å². The molecule has 2 aromatic carbocycles. The van der Waals surface area contributed by atoms with E-state index >= 15 is 0 Å². The van der Waals surface area contributed by atoms with Gasteiger partial charge in [-0.3, -0.25) is 0 Å². The van der Waals surface area contributed by atoms with Gasteiger partial charge in [0.05, 0.1) is 11.6 Å². The fourth-order valence-corrected chi connectivity index (χ4v) is 1.47. The zero-order chi connectivity index (χ0) is 13.8. The number of nitrogens with zero attached hydrogens (tertiary/aromatic N) is 2. The molecule has 5 heteroatoms. The molecule has 19 heavy (non-hydrogen) atoms. The number of hydrogen-bond donors (Lipinski definition) is 0. The molecule has 0 atom stereocenters. The number of nitriles is 2. The molecule has 2 aromatic rings. The standard InChI is InChI=1S/C14H6F2N2O/c15-11-2-1-3-13(10(11)8-18)19-14-5-4-9(7-17)6-12(14)16/h1-6H. The highest BCUT2D eigenvalue weighted by Gasteiger charge is 2.12. The molecule has 3 nitrogen and oxygen atoms in total. The number of halogens is 2. The third-order valence-electron chi connectivity index (χ3n) is 2.37. The summed E-state index contributed by atoms with van der Waals surface area (Å²) < 4.78 is 32.1. The Hall–Kier alpha value is -2.92. The minimum Gasteiger partial charge on any atom is -0.453 e. The Bertz CT molecular complexity index is 714. The zero-order valence-electron chi connectivity index (χ0n) is 9.52. The van der Waals surface area contributed by atoms with Crippen molar-refractivity contribution in [3.8, 4) is 23.6 Å². The van der Waals surface area contributed by atoms with E-state index in [9.17, 15) is 8.78 Å². The van der Waals surface area contributed by atoms with Gasteiger partial charge in [0, 0.05) is 0 Å². The lowest BCUT2D eigenvalue weighted by atomic mass is 10.2. The van der Waals surface area contributed by atoms with Crippen LogP contribution >= 0.6 is 0 Å². The largest absolute Gasteiger partial charge is 0.453 e. The molecular formula is C14H6F2N2O. The van der Waals surface area contributed by atoms with Gasteiger partial charge in [-0.2, -0.15) is 10.5 Å². The normalized spacial score (nSPS) is 9.47. The molecule has 0 amide bonds. The first-order valence-electron chi connectivity index (χ1n) is 5.22. The summed E-state index contributed by atoms with van der Waals surface area (Å²) in [6, 6.07) is 10.9. The smallest absolute Gasteiger partial charge is 0.167 e. The molecule has 0 spiro atoms. The van der Waals surface area contributed by atoms with E-state index in [2.05, 4.69) is 0 Å². The van der Waals surface area contributed by atoms with Crippen molar-refractivity contribution in [1.82, 2.24) is 0 Å². The van der Waals surface area contributed by atoms with Crippen molar-refractivity contribution < 1.29 is 13.5 Å². The van der Waals surface area contributed by atoms with Crippen LogP contribution in [0.5, 0.6) is 11.5 Å². The first-order chi connectivity index (χ1) is 9.15. The van der Waals surface area contributed by atoms with Gasteiger partial charge in [-0.1, -0.05) is 6.07 Å². The van der Waals surface area contributed by atoms with E-state index in [4.69, 9.17) is 15.3 Å². The number of benzene rings is 2. The van der Waals surface area contributed by atoms with Crippen LogP contribution in [0.15, 0.2) is 36.4 Å². The molecule has 0 aromatic heterocycles. The Labute approximate surface area is 107 Å². The van der Waals surface area contributed by atoms with Crippen LogP contribution in [-0.4, -0.2) is 0 Å². The molecule has 0 N–H and O–H groups in total. The van der Waals surface area contributed by atoms with Gasteiger partial charge in [-0.25, -0.2) is 8.78 Å². The molecule has 0 aliphatic rings. The van der Waals surface area contributed by atoms with E-state index in [-0.39, 0.29) is 22.6 Å². The van der Waals surface area contributed by atoms with Gasteiger partial charge in [0.25, 0.3) is 0 Å². The second kappa shape index (κ2) is 5.16. The molecular weight excluding hydrogens is 250 g/mol. The number of rotatable bonds is 2. The molecule has 0 saturated carbocycles. The average molecular weight is 256 g/mol. The van der Waals surface area contributed by atoms with E-state index < -0.39 is 11.6 Å².